The number of nitrogens with zero attached hydrogens (tertiary/aromatic N) is 2. The van der Waals surface area contributed by atoms with E-state index in [0.717, 1.165) is 17.0 Å². The second-order valence-corrected chi connectivity index (χ2v) is 6.50. The predicted octanol–water partition coefficient (Wildman–Crippen LogP) is 3.28. The minimum atomic E-state index is -0.386. The van der Waals surface area contributed by atoms with Crippen LogP contribution in [0, 0.1) is 0 Å². The first-order valence-electron chi connectivity index (χ1n) is 9.14. The van der Waals surface area contributed by atoms with Gasteiger partial charge in [-0.05, 0) is 29.7 Å². The van der Waals surface area contributed by atoms with Crippen molar-refractivity contribution in [3.63, 3.8) is 0 Å². The van der Waals surface area contributed by atoms with Crippen LogP contribution in [-0.4, -0.2) is 29.7 Å². The van der Waals surface area contributed by atoms with Crippen molar-refractivity contribution in [2.45, 2.75) is 18.9 Å². The van der Waals surface area contributed by atoms with Crippen LogP contribution in [0.4, 0.5) is 0 Å². The summed E-state index contributed by atoms with van der Waals surface area (Å²) >= 11 is 0. The molecule has 1 heterocycles. The molecule has 1 amide bonds. The second kappa shape index (κ2) is 9.08. The molecule has 0 saturated carbocycles. The fourth-order valence-corrected chi connectivity index (χ4v) is 3.12. The second-order valence-electron chi connectivity index (χ2n) is 6.50. The molecule has 146 valence electrons. The molecule has 1 atom stereocenters. The van der Waals surface area contributed by atoms with E-state index in [2.05, 4.69) is 10.3 Å². The lowest BCUT2D eigenvalue weighted by Gasteiger charge is -2.20. The number of nitrogens with one attached hydrogen (secondary N) is 1. The van der Waals surface area contributed by atoms with E-state index in [1.54, 1.807) is 20.4 Å². The van der Waals surface area contributed by atoms with Gasteiger partial charge >= 0.3 is 0 Å². The Hall–Kier alpha value is -3.28. The SMILES string of the molecule is COc1ccc([C@@H](NC(=O)CCc2ccccc2)c2nccn2C)cc1OC. The fraction of sp³-hybridized carbons (Fsp3) is 0.273. The van der Waals surface area contributed by atoms with E-state index >= 15 is 0 Å². The largest absolute Gasteiger partial charge is 0.493 e. The van der Waals surface area contributed by atoms with Crippen LogP contribution in [0.15, 0.2) is 60.9 Å². The Labute approximate surface area is 165 Å². The zero-order valence-corrected chi connectivity index (χ0v) is 16.4. The number of benzene rings is 2. The zero-order chi connectivity index (χ0) is 19.9. The van der Waals surface area contributed by atoms with Crippen LogP contribution < -0.4 is 14.8 Å². The number of carbonyl (C=O) groups excluding carboxylic acids is 1. The number of hydrogen-bond acceptors (Lipinski definition) is 4. The third-order valence-electron chi connectivity index (χ3n) is 4.65. The first kappa shape index (κ1) is 19.5. The molecular weight excluding hydrogens is 354 g/mol. The number of imidazole rings is 1. The predicted molar refractivity (Wildman–Crippen MR) is 108 cm³/mol. The quantitative estimate of drug-likeness (QED) is 0.652. The molecular formula is C22H25N3O3. The monoisotopic (exact) mass is 379 g/mol. The number of rotatable bonds is 8. The van der Waals surface area contributed by atoms with Gasteiger partial charge in [-0.2, -0.15) is 0 Å². The van der Waals surface area contributed by atoms with Crippen LogP contribution in [-0.2, 0) is 18.3 Å². The first-order valence-corrected chi connectivity index (χ1v) is 9.14. The van der Waals surface area contributed by atoms with Crippen molar-refractivity contribution in [3.05, 3.63) is 77.9 Å². The van der Waals surface area contributed by atoms with Crippen molar-refractivity contribution in [3.8, 4) is 11.5 Å². The molecule has 6 nitrogen and oxygen atoms in total. The number of aromatic nitrogens is 2. The Morgan fingerprint density at radius 2 is 1.86 bits per heavy atom. The molecule has 28 heavy (non-hydrogen) atoms. The van der Waals surface area contributed by atoms with Crippen molar-refractivity contribution in [1.82, 2.24) is 14.9 Å². The molecule has 6 heteroatoms. The van der Waals surface area contributed by atoms with Crippen LogP contribution in [0.1, 0.15) is 29.4 Å². The van der Waals surface area contributed by atoms with Gasteiger partial charge in [0.2, 0.25) is 5.91 Å². The van der Waals surface area contributed by atoms with Crippen molar-refractivity contribution in [1.29, 1.82) is 0 Å². The van der Waals surface area contributed by atoms with E-state index in [0.29, 0.717) is 24.3 Å². The van der Waals surface area contributed by atoms with Crippen LogP contribution in [0.2, 0.25) is 0 Å². The lowest BCUT2D eigenvalue weighted by atomic mass is 10.0. The minimum absolute atomic E-state index is 0.0355. The van der Waals surface area contributed by atoms with Crippen molar-refractivity contribution in [2.24, 2.45) is 7.05 Å². The molecule has 0 bridgehead atoms. The highest BCUT2D eigenvalue weighted by Crippen LogP contribution is 2.31. The molecule has 0 fully saturated rings. The molecule has 3 rings (SSSR count). The van der Waals surface area contributed by atoms with Gasteiger partial charge in [0.15, 0.2) is 11.5 Å². The van der Waals surface area contributed by atoms with E-state index in [-0.39, 0.29) is 11.9 Å². The van der Waals surface area contributed by atoms with Gasteiger partial charge in [0, 0.05) is 25.9 Å². The Morgan fingerprint density at radius 1 is 1.11 bits per heavy atom. The fourth-order valence-electron chi connectivity index (χ4n) is 3.12. The van der Waals surface area contributed by atoms with Gasteiger partial charge in [-0.15, -0.1) is 0 Å². The van der Waals surface area contributed by atoms with Gasteiger partial charge in [0.1, 0.15) is 11.9 Å². The molecule has 0 aliphatic rings. The Morgan fingerprint density at radius 3 is 2.50 bits per heavy atom. The Kier molecular flexibility index (Phi) is 6.32. The standard InChI is InChI=1S/C22H25N3O3/c1-25-14-13-23-22(25)21(17-10-11-18(27-2)19(15-17)28-3)24-20(26)12-9-16-7-5-4-6-8-16/h4-8,10-11,13-15,21H,9,12H2,1-3H3,(H,24,26)/t21-/m1/s1. The number of amides is 1. The highest BCUT2D eigenvalue weighted by atomic mass is 16.5. The van der Waals surface area contributed by atoms with Gasteiger partial charge in [0.05, 0.1) is 14.2 Å². The summed E-state index contributed by atoms with van der Waals surface area (Å²) in [4.78, 5) is 17.1. The molecule has 1 aromatic heterocycles. The van der Waals surface area contributed by atoms with E-state index in [1.807, 2.05) is 66.3 Å². The minimum Gasteiger partial charge on any atom is -0.493 e. The summed E-state index contributed by atoms with van der Waals surface area (Å²) < 4.78 is 12.6. The maximum atomic E-state index is 12.7. The Bertz CT molecular complexity index is 922. The van der Waals surface area contributed by atoms with Crippen molar-refractivity contribution >= 4 is 5.91 Å². The number of methoxy groups -OCH3 is 2. The molecule has 0 aliphatic heterocycles. The smallest absolute Gasteiger partial charge is 0.221 e. The molecule has 0 unspecified atom stereocenters. The highest BCUT2D eigenvalue weighted by Gasteiger charge is 2.22. The number of hydrogen-bond donors (Lipinski definition) is 1. The Balaban J connectivity index is 1.82. The first-order chi connectivity index (χ1) is 13.6. The van der Waals surface area contributed by atoms with Gasteiger partial charge in [-0.1, -0.05) is 36.4 Å². The van der Waals surface area contributed by atoms with E-state index < -0.39 is 0 Å². The molecule has 1 N–H and O–H groups in total. The lowest BCUT2D eigenvalue weighted by molar-refractivity contribution is -0.121. The zero-order valence-electron chi connectivity index (χ0n) is 16.4. The summed E-state index contributed by atoms with van der Waals surface area (Å²) in [7, 11) is 5.10. The molecule has 0 saturated heterocycles. The molecule has 0 aliphatic carbocycles. The molecule has 3 aromatic rings. The summed E-state index contributed by atoms with van der Waals surface area (Å²) in [6.45, 7) is 0. The summed E-state index contributed by atoms with van der Waals surface area (Å²) in [6.07, 6.45) is 4.67. The van der Waals surface area contributed by atoms with E-state index in [4.69, 9.17) is 9.47 Å². The average molecular weight is 379 g/mol. The van der Waals surface area contributed by atoms with Crippen molar-refractivity contribution in [2.75, 3.05) is 14.2 Å². The normalized spacial score (nSPS) is 11.7. The molecule has 0 spiro atoms. The van der Waals surface area contributed by atoms with Gasteiger partial charge in [-0.3, -0.25) is 4.79 Å². The molecule has 2 aromatic carbocycles. The lowest BCUT2D eigenvalue weighted by Crippen LogP contribution is -2.31. The highest BCUT2D eigenvalue weighted by molar-refractivity contribution is 5.77. The van der Waals surface area contributed by atoms with Gasteiger partial charge in [0.25, 0.3) is 0 Å². The maximum Gasteiger partial charge on any atom is 0.221 e. The third kappa shape index (κ3) is 4.52. The van der Waals surface area contributed by atoms with Crippen LogP contribution in [0.25, 0.3) is 0 Å². The summed E-state index contributed by atoms with van der Waals surface area (Å²) in [5.74, 6) is 1.96. The van der Waals surface area contributed by atoms with Gasteiger partial charge in [-0.25, -0.2) is 4.98 Å². The number of ether oxygens (including phenoxy) is 2. The topological polar surface area (TPSA) is 65.4 Å². The van der Waals surface area contributed by atoms with Gasteiger partial charge < -0.3 is 19.4 Å². The molecule has 0 radical (unpaired) electrons. The van der Waals surface area contributed by atoms with E-state index in [9.17, 15) is 4.79 Å². The number of carbonyl (C=O) groups is 1. The average Bonchev–Trinajstić information content (AvgIpc) is 3.16. The van der Waals surface area contributed by atoms with Crippen LogP contribution in [0.3, 0.4) is 0 Å². The maximum absolute atomic E-state index is 12.7. The third-order valence-corrected chi connectivity index (χ3v) is 4.65. The van der Waals surface area contributed by atoms with Crippen LogP contribution >= 0.6 is 0 Å². The van der Waals surface area contributed by atoms with Crippen LogP contribution in [0.5, 0.6) is 11.5 Å². The van der Waals surface area contributed by atoms with Crippen molar-refractivity contribution < 1.29 is 14.3 Å². The van der Waals surface area contributed by atoms with E-state index in [1.165, 1.54) is 0 Å². The summed E-state index contributed by atoms with van der Waals surface area (Å²) in [5.41, 5.74) is 2.01. The summed E-state index contributed by atoms with van der Waals surface area (Å²) in [5, 5.41) is 3.12. The summed E-state index contributed by atoms with van der Waals surface area (Å²) in [6, 6.07) is 15.2. The number of aryl methyl sites for hydroxylation is 2.